The first-order chi connectivity index (χ1) is 16.1. The van der Waals surface area contributed by atoms with Crippen LogP contribution in [0.2, 0.25) is 0 Å². The fraction of sp³-hybridized carbons (Fsp3) is 0.235. The third-order valence-corrected chi connectivity index (χ3v) is 7.03. The summed E-state index contributed by atoms with van der Waals surface area (Å²) in [5.41, 5.74) is 8.13. The molecule has 0 bridgehead atoms. The highest BCUT2D eigenvalue weighted by Crippen LogP contribution is 2.41. The second kappa shape index (κ2) is 8.13. The minimum Gasteiger partial charge on any atom is -0.0616 e. The molecule has 5 aromatic rings. The average Bonchev–Trinajstić information content (AvgIpc) is 2.82. The Morgan fingerprint density at radius 3 is 1.53 bits per heavy atom. The van der Waals surface area contributed by atoms with Crippen LogP contribution in [0.15, 0.2) is 97.1 Å². The summed E-state index contributed by atoms with van der Waals surface area (Å²) < 4.78 is 0. The van der Waals surface area contributed by atoms with E-state index in [1.807, 2.05) is 0 Å². The molecule has 0 fully saturated rings. The molecule has 34 heavy (non-hydrogen) atoms. The van der Waals surface area contributed by atoms with E-state index in [1.54, 1.807) is 0 Å². The SMILES string of the molecule is CC(C)(C)c1ccc(-c2ccc3c(ccc4ccccc43)c2-c2ccc(C(C)(C)C)cc2)cc1. The first-order valence-corrected chi connectivity index (χ1v) is 12.3. The van der Waals surface area contributed by atoms with Gasteiger partial charge in [-0.3, -0.25) is 0 Å². The molecular formula is C34H34. The molecule has 0 heteroatoms. The largest absolute Gasteiger partial charge is 0.0616 e. The molecule has 0 saturated heterocycles. The molecule has 0 atom stereocenters. The van der Waals surface area contributed by atoms with Gasteiger partial charge in [-0.25, -0.2) is 0 Å². The first-order valence-electron chi connectivity index (χ1n) is 12.3. The Morgan fingerprint density at radius 1 is 0.412 bits per heavy atom. The van der Waals surface area contributed by atoms with E-state index in [1.165, 1.54) is 54.9 Å². The highest BCUT2D eigenvalue weighted by atomic mass is 14.2. The molecule has 0 radical (unpaired) electrons. The smallest absolute Gasteiger partial charge is 0.00266 e. The fourth-order valence-electron chi connectivity index (χ4n) is 4.93. The zero-order valence-corrected chi connectivity index (χ0v) is 21.2. The summed E-state index contributed by atoms with van der Waals surface area (Å²) in [7, 11) is 0. The van der Waals surface area contributed by atoms with Gasteiger partial charge >= 0.3 is 0 Å². The van der Waals surface area contributed by atoms with Crippen molar-refractivity contribution in [3.8, 4) is 22.3 Å². The number of benzene rings is 5. The van der Waals surface area contributed by atoms with Crippen molar-refractivity contribution in [1.29, 1.82) is 0 Å². The van der Waals surface area contributed by atoms with Crippen molar-refractivity contribution < 1.29 is 0 Å². The maximum Gasteiger partial charge on any atom is -0.00266 e. The van der Waals surface area contributed by atoms with Crippen LogP contribution in [-0.2, 0) is 10.8 Å². The van der Waals surface area contributed by atoms with Gasteiger partial charge in [0.15, 0.2) is 0 Å². The highest BCUT2D eigenvalue weighted by molar-refractivity contribution is 6.14. The van der Waals surface area contributed by atoms with Gasteiger partial charge in [0.1, 0.15) is 0 Å². The summed E-state index contributed by atoms with van der Waals surface area (Å²) >= 11 is 0. The van der Waals surface area contributed by atoms with Crippen LogP contribution >= 0.6 is 0 Å². The first kappa shape index (κ1) is 22.4. The predicted octanol–water partition coefficient (Wildman–Crippen LogP) is 9.92. The Morgan fingerprint density at radius 2 is 0.941 bits per heavy atom. The number of hydrogen-bond acceptors (Lipinski definition) is 0. The second-order valence-corrected chi connectivity index (χ2v) is 11.5. The van der Waals surface area contributed by atoms with Crippen molar-refractivity contribution in [1.82, 2.24) is 0 Å². The topological polar surface area (TPSA) is 0 Å². The van der Waals surface area contributed by atoms with E-state index in [-0.39, 0.29) is 10.8 Å². The fourth-order valence-corrected chi connectivity index (χ4v) is 4.93. The lowest BCUT2D eigenvalue weighted by Crippen LogP contribution is -2.10. The van der Waals surface area contributed by atoms with Gasteiger partial charge in [-0.05, 0) is 65.8 Å². The van der Waals surface area contributed by atoms with Crippen LogP contribution in [0, 0.1) is 0 Å². The van der Waals surface area contributed by atoms with Gasteiger partial charge in [-0.1, -0.05) is 139 Å². The zero-order valence-electron chi connectivity index (χ0n) is 21.2. The second-order valence-electron chi connectivity index (χ2n) is 11.5. The van der Waals surface area contributed by atoms with E-state index < -0.39 is 0 Å². The molecule has 170 valence electrons. The molecule has 0 aromatic heterocycles. The summed E-state index contributed by atoms with van der Waals surface area (Å²) in [6, 6.07) is 36.2. The lowest BCUT2D eigenvalue weighted by molar-refractivity contribution is 0.590. The third kappa shape index (κ3) is 4.03. The molecule has 0 amide bonds. The van der Waals surface area contributed by atoms with Crippen LogP contribution in [0.5, 0.6) is 0 Å². The summed E-state index contributed by atoms with van der Waals surface area (Å²) in [6.07, 6.45) is 0. The highest BCUT2D eigenvalue weighted by Gasteiger charge is 2.18. The Hall–Kier alpha value is -3.38. The summed E-state index contributed by atoms with van der Waals surface area (Å²) in [6.45, 7) is 13.6. The monoisotopic (exact) mass is 442 g/mol. The van der Waals surface area contributed by atoms with Crippen LogP contribution in [0.4, 0.5) is 0 Å². The van der Waals surface area contributed by atoms with E-state index in [4.69, 9.17) is 0 Å². The van der Waals surface area contributed by atoms with Crippen LogP contribution in [0.3, 0.4) is 0 Å². The molecule has 0 saturated carbocycles. The number of hydrogen-bond donors (Lipinski definition) is 0. The standard InChI is InChI=1S/C34H34/c1-33(2,3)26-16-11-24(12-17-26)29-21-22-30-28-10-8-7-9-23(28)15-20-31(30)32(29)25-13-18-27(19-14-25)34(4,5)6/h7-22H,1-6H3. The van der Waals surface area contributed by atoms with Crippen molar-refractivity contribution in [2.45, 2.75) is 52.4 Å². The van der Waals surface area contributed by atoms with Gasteiger partial charge in [0.05, 0.1) is 0 Å². The van der Waals surface area contributed by atoms with Crippen molar-refractivity contribution in [3.05, 3.63) is 108 Å². The van der Waals surface area contributed by atoms with Gasteiger partial charge in [0.2, 0.25) is 0 Å². The summed E-state index contributed by atoms with van der Waals surface area (Å²) in [5, 5.41) is 5.20. The molecule has 5 rings (SSSR count). The maximum atomic E-state index is 2.31. The minimum absolute atomic E-state index is 0.138. The zero-order chi connectivity index (χ0) is 24.1. The van der Waals surface area contributed by atoms with E-state index in [0.29, 0.717) is 0 Å². The van der Waals surface area contributed by atoms with Crippen LogP contribution in [0.1, 0.15) is 52.7 Å². The van der Waals surface area contributed by atoms with Gasteiger partial charge in [-0.2, -0.15) is 0 Å². The molecule has 0 spiro atoms. The summed E-state index contributed by atoms with van der Waals surface area (Å²) in [5.74, 6) is 0. The minimum atomic E-state index is 0.138. The van der Waals surface area contributed by atoms with Crippen molar-refractivity contribution in [2.75, 3.05) is 0 Å². The van der Waals surface area contributed by atoms with Crippen LogP contribution in [-0.4, -0.2) is 0 Å². The molecule has 0 aliphatic carbocycles. The number of rotatable bonds is 2. The van der Waals surface area contributed by atoms with Crippen molar-refractivity contribution in [3.63, 3.8) is 0 Å². The average molecular weight is 443 g/mol. The van der Waals surface area contributed by atoms with Gasteiger partial charge in [0, 0.05) is 0 Å². The van der Waals surface area contributed by atoms with Gasteiger partial charge < -0.3 is 0 Å². The molecule has 5 aromatic carbocycles. The van der Waals surface area contributed by atoms with E-state index >= 15 is 0 Å². The summed E-state index contributed by atoms with van der Waals surface area (Å²) in [4.78, 5) is 0. The molecule has 0 aliphatic heterocycles. The molecular weight excluding hydrogens is 408 g/mol. The Labute approximate surface area is 204 Å². The van der Waals surface area contributed by atoms with Crippen LogP contribution in [0.25, 0.3) is 43.8 Å². The lowest BCUT2D eigenvalue weighted by Gasteiger charge is -2.21. The Kier molecular flexibility index (Phi) is 5.36. The molecule has 0 heterocycles. The van der Waals surface area contributed by atoms with Crippen molar-refractivity contribution in [2.24, 2.45) is 0 Å². The Bertz CT molecular complexity index is 1470. The van der Waals surface area contributed by atoms with Crippen LogP contribution < -0.4 is 0 Å². The van der Waals surface area contributed by atoms with Crippen molar-refractivity contribution >= 4 is 21.5 Å². The van der Waals surface area contributed by atoms with E-state index in [2.05, 4.69) is 139 Å². The van der Waals surface area contributed by atoms with Gasteiger partial charge in [0.25, 0.3) is 0 Å². The quantitative estimate of drug-likeness (QED) is 0.239. The molecule has 0 unspecified atom stereocenters. The Balaban J connectivity index is 1.78. The number of fused-ring (bicyclic) bond motifs is 3. The molecule has 0 nitrogen and oxygen atoms in total. The van der Waals surface area contributed by atoms with Gasteiger partial charge in [-0.15, -0.1) is 0 Å². The predicted molar refractivity (Wildman–Crippen MR) is 150 cm³/mol. The maximum absolute atomic E-state index is 2.31. The molecule has 0 N–H and O–H groups in total. The third-order valence-electron chi connectivity index (χ3n) is 7.03. The normalized spacial score (nSPS) is 12.4. The molecule has 0 aliphatic rings. The van der Waals surface area contributed by atoms with E-state index in [0.717, 1.165) is 0 Å². The lowest BCUT2D eigenvalue weighted by atomic mass is 9.83. The van der Waals surface area contributed by atoms with E-state index in [9.17, 15) is 0 Å².